The number of hydrogen-bond donors (Lipinski definition) is 1. The molecule has 164 valence electrons. The van der Waals surface area contributed by atoms with E-state index in [1.54, 1.807) is 19.2 Å². The van der Waals surface area contributed by atoms with Crippen molar-refractivity contribution in [3.05, 3.63) is 58.2 Å². The van der Waals surface area contributed by atoms with Gasteiger partial charge in [-0.1, -0.05) is 48.9 Å². The van der Waals surface area contributed by atoms with Crippen molar-refractivity contribution >= 4 is 29.0 Å². The highest BCUT2D eigenvalue weighted by molar-refractivity contribution is 6.36. The zero-order valence-electron chi connectivity index (χ0n) is 17.3. The fourth-order valence-corrected chi connectivity index (χ4v) is 4.80. The van der Waals surface area contributed by atoms with Crippen LogP contribution >= 0.6 is 23.2 Å². The molecular weight excluding hydrogens is 438 g/mol. The van der Waals surface area contributed by atoms with Gasteiger partial charge >= 0.3 is 0 Å². The third-order valence-corrected chi connectivity index (χ3v) is 6.59. The van der Waals surface area contributed by atoms with E-state index in [2.05, 4.69) is 10.1 Å². The van der Waals surface area contributed by atoms with Gasteiger partial charge in [-0.05, 0) is 37.5 Å². The van der Waals surface area contributed by atoms with Crippen LogP contribution in [-0.2, 0) is 6.54 Å². The molecule has 1 fully saturated rings. The fourth-order valence-electron chi connectivity index (χ4n) is 4.12. The minimum atomic E-state index is -0.621. The molecule has 8 heteroatoms. The number of pyridine rings is 1. The van der Waals surface area contributed by atoms with Gasteiger partial charge in [-0.3, -0.25) is 4.68 Å². The first-order chi connectivity index (χ1) is 14.9. The molecule has 1 saturated carbocycles. The minimum Gasteiger partial charge on any atom is -0.482 e. The summed E-state index contributed by atoms with van der Waals surface area (Å²) in [6, 6.07) is 4.48. The van der Waals surface area contributed by atoms with E-state index in [1.807, 2.05) is 17.1 Å². The average Bonchev–Trinajstić information content (AvgIpc) is 3.43. The molecule has 2 aromatic heterocycles. The van der Waals surface area contributed by atoms with Crippen LogP contribution in [0.25, 0.3) is 11.1 Å². The lowest BCUT2D eigenvalue weighted by Gasteiger charge is -2.19. The summed E-state index contributed by atoms with van der Waals surface area (Å²) in [7, 11) is 0. The molecule has 1 aromatic carbocycles. The highest BCUT2D eigenvalue weighted by Gasteiger charge is 2.20. The number of benzene rings is 1. The molecule has 31 heavy (non-hydrogen) atoms. The van der Waals surface area contributed by atoms with Crippen LogP contribution in [0.4, 0.5) is 10.2 Å². The largest absolute Gasteiger partial charge is 0.482 e. The number of ether oxygens (including phenoxy) is 1. The third kappa shape index (κ3) is 4.96. The zero-order chi connectivity index (χ0) is 22.0. The van der Waals surface area contributed by atoms with Crippen LogP contribution in [-0.4, -0.2) is 14.8 Å². The first-order valence-electron chi connectivity index (χ1n) is 10.5. The molecule has 1 atom stereocenters. The summed E-state index contributed by atoms with van der Waals surface area (Å²) < 4.78 is 21.8. The van der Waals surface area contributed by atoms with Crippen molar-refractivity contribution in [2.45, 2.75) is 51.7 Å². The second-order valence-electron chi connectivity index (χ2n) is 8.06. The number of hydrogen-bond acceptors (Lipinski definition) is 4. The van der Waals surface area contributed by atoms with E-state index in [1.165, 1.54) is 37.8 Å². The quantitative estimate of drug-likeness (QED) is 0.397. The van der Waals surface area contributed by atoms with E-state index in [-0.39, 0.29) is 10.8 Å². The summed E-state index contributed by atoms with van der Waals surface area (Å²) in [5.74, 6) is 0.864. The summed E-state index contributed by atoms with van der Waals surface area (Å²) in [6.07, 6.45) is 11.4. The van der Waals surface area contributed by atoms with E-state index in [0.29, 0.717) is 16.3 Å². The van der Waals surface area contributed by atoms with Gasteiger partial charge in [-0.15, -0.1) is 0 Å². The van der Waals surface area contributed by atoms with Crippen molar-refractivity contribution < 1.29 is 9.13 Å². The first-order valence-corrected chi connectivity index (χ1v) is 11.3. The predicted molar refractivity (Wildman–Crippen MR) is 122 cm³/mol. The monoisotopic (exact) mass is 462 g/mol. The summed E-state index contributed by atoms with van der Waals surface area (Å²) in [5, 5.41) is 4.75. The van der Waals surface area contributed by atoms with Crippen LogP contribution in [0.1, 0.15) is 50.7 Å². The molecule has 1 aliphatic rings. The van der Waals surface area contributed by atoms with Crippen molar-refractivity contribution in [1.29, 1.82) is 0 Å². The van der Waals surface area contributed by atoms with Crippen LogP contribution in [0.15, 0.2) is 36.8 Å². The highest BCUT2D eigenvalue weighted by Crippen LogP contribution is 2.37. The number of nitrogen functional groups attached to an aromatic ring is 1. The van der Waals surface area contributed by atoms with Gasteiger partial charge in [-0.2, -0.15) is 5.10 Å². The number of rotatable bonds is 7. The maximum absolute atomic E-state index is 13.9. The van der Waals surface area contributed by atoms with Crippen molar-refractivity contribution in [1.82, 2.24) is 14.8 Å². The molecule has 0 spiro atoms. The molecule has 1 aliphatic carbocycles. The molecular formula is C23H25Cl2FN4O. The molecule has 0 amide bonds. The Morgan fingerprint density at radius 2 is 2.00 bits per heavy atom. The summed E-state index contributed by atoms with van der Waals surface area (Å²) in [6.45, 7) is 2.64. The van der Waals surface area contributed by atoms with Crippen molar-refractivity contribution in [2.24, 2.45) is 5.92 Å². The molecule has 0 radical (unpaired) electrons. The number of nitrogens with zero attached hydrogens (tertiary/aromatic N) is 3. The Bertz CT molecular complexity index is 1070. The second-order valence-corrected chi connectivity index (χ2v) is 8.84. The average molecular weight is 463 g/mol. The van der Waals surface area contributed by atoms with E-state index in [9.17, 15) is 4.39 Å². The van der Waals surface area contributed by atoms with Gasteiger partial charge in [0.1, 0.15) is 11.9 Å². The van der Waals surface area contributed by atoms with E-state index >= 15 is 0 Å². The van der Waals surface area contributed by atoms with Gasteiger partial charge < -0.3 is 10.5 Å². The number of anilines is 1. The van der Waals surface area contributed by atoms with Crippen LogP contribution in [0.5, 0.6) is 5.75 Å². The Morgan fingerprint density at radius 3 is 2.77 bits per heavy atom. The van der Waals surface area contributed by atoms with Gasteiger partial charge in [0.15, 0.2) is 11.6 Å². The molecule has 4 rings (SSSR count). The third-order valence-electron chi connectivity index (χ3n) is 5.88. The Hall–Kier alpha value is -2.31. The highest BCUT2D eigenvalue weighted by atomic mass is 35.5. The summed E-state index contributed by atoms with van der Waals surface area (Å²) in [4.78, 5) is 4.26. The van der Waals surface area contributed by atoms with E-state index in [0.717, 1.165) is 30.0 Å². The van der Waals surface area contributed by atoms with Crippen LogP contribution < -0.4 is 10.5 Å². The van der Waals surface area contributed by atoms with Gasteiger partial charge in [-0.25, -0.2) is 9.37 Å². The van der Waals surface area contributed by atoms with Crippen molar-refractivity contribution in [3.63, 3.8) is 0 Å². The minimum absolute atomic E-state index is 0.0637. The lowest BCUT2D eigenvalue weighted by atomic mass is 10.0. The number of halogens is 3. The molecule has 0 bridgehead atoms. The van der Waals surface area contributed by atoms with Gasteiger partial charge in [0, 0.05) is 40.7 Å². The zero-order valence-corrected chi connectivity index (χ0v) is 18.8. The number of aromatic nitrogens is 3. The van der Waals surface area contributed by atoms with Gasteiger partial charge in [0.25, 0.3) is 0 Å². The lowest BCUT2D eigenvalue weighted by molar-refractivity contribution is 0.227. The van der Waals surface area contributed by atoms with Gasteiger partial charge in [0.2, 0.25) is 0 Å². The second kappa shape index (κ2) is 9.45. The smallest absolute Gasteiger partial charge is 0.166 e. The van der Waals surface area contributed by atoms with Crippen LogP contribution in [0.3, 0.4) is 0 Å². The predicted octanol–water partition coefficient (Wildman–Crippen LogP) is 6.69. The number of aryl methyl sites for hydroxylation is 1. The molecule has 3 aromatic rings. The Kier molecular flexibility index (Phi) is 6.68. The maximum atomic E-state index is 13.9. The Balaban J connectivity index is 1.50. The molecule has 2 N–H and O–H groups in total. The molecule has 0 aliphatic heterocycles. The summed E-state index contributed by atoms with van der Waals surface area (Å²) >= 11 is 12.3. The topological polar surface area (TPSA) is 66.0 Å². The summed E-state index contributed by atoms with van der Waals surface area (Å²) in [5.41, 5.74) is 8.16. The van der Waals surface area contributed by atoms with E-state index in [4.69, 9.17) is 33.7 Å². The van der Waals surface area contributed by atoms with E-state index < -0.39 is 11.9 Å². The standard InChI is InChI=1S/C23H25Cl2FN4O/c1-14(21-18(24)6-7-19(26)22(21)25)31-20-10-16(11-28-23(20)27)17-12-29-30(13-17)9-8-15-4-2-3-5-15/h6-7,10-15H,2-5,8-9H2,1H3,(H2,27,28). The van der Waals surface area contributed by atoms with Crippen LogP contribution in [0, 0.1) is 11.7 Å². The molecule has 1 unspecified atom stereocenters. The lowest BCUT2D eigenvalue weighted by Crippen LogP contribution is -2.08. The Labute approximate surface area is 191 Å². The van der Waals surface area contributed by atoms with Crippen molar-refractivity contribution in [2.75, 3.05) is 5.73 Å². The van der Waals surface area contributed by atoms with Crippen LogP contribution in [0.2, 0.25) is 10.0 Å². The first kappa shape index (κ1) is 21.9. The molecule has 5 nitrogen and oxygen atoms in total. The Morgan fingerprint density at radius 1 is 1.23 bits per heavy atom. The normalized spacial score (nSPS) is 15.4. The van der Waals surface area contributed by atoms with Crippen molar-refractivity contribution in [3.8, 4) is 16.9 Å². The number of nitrogens with two attached hydrogens (primary N) is 1. The molecule has 0 saturated heterocycles. The maximum Gasteiger partial charge on any atom is 0.166 e. The fraction of sp³-hybridized carbons (Fsp3) is 0.391. The molecule has 2 heterocycles. The van der Waals surface area contributed by atoms with Gasteiger partial charge in [0.05, 0.1) is 11.2 Å². The SMILES string of the molecule is CC(Oc1cc(-c2cnn(CCC3CCCC3)c2)cnc1N)c1c(Cl)ccc(F)c1Cl.